The van der Waals surface area contributed by atoms with Crippen LogP contribution in [0.1, 0.15) is 12.5 Å². The normalized spacial score (nSPS) is 20.6. The second kappa shape index (κ2) is 6.98. The van der Waals surface area contributed by atoms with E-state index in [4.69, 9.17) is 0 Å². The van der Waals surface area contributed by atoms with Gasteiger partial charge in [0, 0.05) is 41.4 Å². The van der Waals surface area contributed by atoms with Crippen LogP contribution in [0, 0.1) is 15.2 Å². The first-order chi connectivity index (χ1) is 8.08. The minimum Gasteiger partial charge on any atom is -0.312 e. The Morgan fingerprint density at radius 1 is 1.44 bits per heavy atom. The molecule has 0 saturated carbocycles. The van der Waals surface area contributed by atoms with Crippen LogP contribution in [0.15, 0.2) is 12.1 Å². The third-order valence-electron chi connectivity index (χ3n) is 2.97. The van der Waals surface area contributed by atoms with Crippen LogP contribution in [0.2, 0.25) is 0 Å². The highest BCUT2D eigenvalue weighted by Gasteiger charge is 2.20. The summed E-state index contributed by atoms with van der Waals surface area (Å²) in [5, 5.41) is 3.31. The molecule has 0 aromatic heterocycles. The molecule has 1 fully saturated rings. The SMILES string of the molecule is C[C@@H]1CN(Cc2c(F)ccc(I)c2F)CCN1.Cl. The van der Waals surface area contributed by atoms with Gasteiger partial charge >= 0.3 is 0 Å². The number of halogens is 4. The number of piperazine rings is 1. The molecule has 0 aliphatic carbocycles. The lowest BCUT2D eigenvalue weighted by Crippen LogP contribution is -2.48. The molecule has 0 radical (unpaired) electrons. The summed E-state index contributed by atoms with van der Waals surface area (Å²) < 4.78 is 27.9. The highest BCUT2D eigenvalue weighted by molar-refractivity contribution is 14.1. The molecule has 1 N–H and O–H groups in total. The Morgan fingerprint density at radius 3 is 2.83 bits per heavy atom. The van der Waals surface area contributed by atoms with E-state index in [1.54, 1.807) is 0 Å². The van der Waals surface area contributed by atoms with Crippen molar-refractivity contribution in [3.63, 3.8) is 0 Å². The third-order valence-corrected chi connectivity index (χ3v) is 3.81. The molecule has 1 heterocycles. The van der Waals surface area contributed by atoms with Crippen LogP contribution in [0.5, 0.6) is 0 Å². The summed E-state index contributed by atoms with van der Waals surface area (Å²) in [6.07, 6.45) is 0. The molecule has 2 nitrogen and oxygen atoms in total. The predicted molar refractivity (Wildman–Crippen MR) is 79.1 cm³/mol. The highest BCUT2D eigenvalue weighted by atomic mass is 127. The van der Waals surface area contributed by atoms with Gasteiger partial charge in [-0.1, -0.05) is 0 Å². The molecule has 0 unspecified atom stereocenters. The number of benzene rings is 1. The van der Waals surface area contributed by atoms with E-state index in [-0.39, 0.29) is 18.0 Å². The zero-order valence-corrected chi connectivity index (χ0v) is 13.0. The average Bonchev–Trinajstić information content (AvgIpc) is 2.30. The lowest BCUT2D eigenvalue weighted by atomic mass is 10.1. The van der Waals surface area contributed by atoms with Crippen molar-refractivity contribution in [2.45, 2.75) is 19.5 Å². The Kier molecular flexibility index (Phi) is 6.23. The maximum absolute atomic E-state index is 13.8. The summed E-state index contributed by atoms with van der Waals surface area (Å²) in [5.41, 5.74) is 0.186. The van der Waals surface area contributed by atoms with E-state index in [1.165, 1.54) is 12.1 Å². The van der Waals surface area contributed by atoms with Gasteiger partial charge in [0.2, 0.25) is 0 Å². The Hall–Kier alpha value is 0.0200. The zero-order chi connectivity index (χ0) is 12.4. The van der Waals surface area contributed by atoms with Crippen LogP contribution in [-0.4, -0.2) is 30.6 Å². The number of rotatable bonds is 2. The minimum absolute atomic E-state index is 0. The van der Waals surface area contributed by atoms with Gasteiger partial charge in [0.15, 0.2) is 0 Å². The Morgan fingerprint density at radius 2 is 2.17 bits per heavy atom. The first-order valence-electron chi connectivity index (χ1n) is 5.66. The van der Waals surface area contributed by atoms with Gasteiger partial charge in [-0.15, -0.1) is 12.4 Å². The quantitative estimate of drug-likeness (QED) is 0.619. The fourth-order valence-corrected chi connectivity index (χ4v) is 2.60. The summed E-state index contributed by atoms with van der Waals surface area (Å²) in [5.74, 6) is -0.870. The van der Waals surface area contributed by atoms with Crippen molar-refractivity contribution in [2.24, 2.45) is 0 Å². The lowest BCUT2D eigenvalue weighted by molar-refractivity contribution is 0.195. The summed E-state index contributed by atoms with van der Waals surface area (Å²) in [6, 6.07) is 3.18. The van der Waals surface area contributed by atoms with E-state index in [2.05, 4.69) is 17.1 Å². The van der Waals surface area contributed by atoms with E-state index in [0.29, 0.717) is 16.2 Å². The Balaban J connectivity index is 0.00000162. The van der Waals surface area contributed by atoms with Crippen molar-refractivity contribution in [1.82, 2.24) is 10.2 Å². The van der Waals surface area contributed by atoms with E-state index >= 15 is 0 Å². The number of hydrogen-bond donors (Lipinski definition) is 1. The molecule has 0 amide bonds. The topological polar surface area (TPSA) is 15.3 Å². The molecule has 0 spiro atoms. The van der Waals surface area contributed by atoms with Crippen LogP contribution in [0.4, 0.5) is 8.78 Å². The van der Waals surface area contributed by atoms with Crippen molar-refractivity contribution in [3.8, 4) is 0 Å². The second-order valence-corrected chi connectivity index (χ2v) is 5.57. The van der Waals surface area contributed by atoms with Crippen LogP contribution in [0.3, 0.4) is 0 Å². The van der Waals surface area contributed by atoms with Gasteiger partial charge in [-0.3, -0.25) is 4.90 Å². The van der Waals surface area contributed by atoms with Gasteiger partial charge < -0.3 is 5.32 Å². The zero-order valence-electron chi connectivity index (χ0n) is 10.0. The molecular formula is C12H16ClF2IN2. The molecule has 2 rings (SSSR count). The van der Waals surface area contributed by atoms with E-state index in [9.17, 15) is 8.78 Å². The van der Waals surface area contributed by atoms with Crippen LogP contribution in [0.25, 0.3) is 0 Å². The van der Waals surface area contributed by atoms with Crippen LogP contribution in [-0.2, 0) is 6.54 Å². The lowest BCUT2D eigenvalue weighted by Gasteiger charge is -2.32. The van der Waals surface area contributed by atoms with Crippen LogP contribution >= 0.6 is 35.0 Å². The first kappa shape index (κ1) is 16.1. The van der Waals surface area contributed by atoms with Crippen molar-refractivity contribution in [3.05, 3.63) is 32.9 Å². The standard InChI is InChI=1S/C12H15F2IN2.ClH/c1-8-6-17(5-4-16-8)7-9-10(13)2-3-11(15)12(9)14;/h2-3,8,16H,4-7H2,1H3;1H/t8-;/m1./s1. The monoisotopic (exact) mass is 388 g/mol. The molecular weight excluding hydrogens is 372 g/mol. The fraction of sp³-hybridized carbons (Fsp3) is 0.500. The van der Waals surface area contributed by atoms with Crippen molar-refractivity contribution in [2.75, 3.05) is 19.6 Å². The van der Waals surface area contributed by atoms with Gasteiger partial charge in [-0.25, -0.2) is 8.78 Å². The third kappa shape index (κ3) is 3.76. The van der Waals surface area contributed by atoms with Gasteiger partial charge in [0.25, 0.3) is 0 Å². The molecule has 1 aliphatic heterocycles. The largest absolute Gasteiger partial charge is 0.312 e. The summed E-state index contributed by atoms with van der Waals surface area (Å²) in [6.45, 7) is 4.95. The number of nitrogens with zero attached hydrogens (tertiary/aromatic N) is 1. The molecule has 1 aliphatic rings. The molecule has 102 valence electrons. The fourth-order valence-electron chi connectivity index (χ4n) is 2.09. The van der Waals surface area contributed by atoms with E-state index < -0.39 is 11.6 Å². The second-order valence-electron chi connectivity index (χ2n) is 4.41. The van der Waals surface area contributed by atoms with Crippen molar-refractivity contribution >= 4 is 35.0 Å². The summed E-state index contributed by atoms with van der Waals surface area (Å²) in [7, 11) is 0. The number of nitrogens with one attached hydrogen (secondary N) is 1. The van der Waals surface area contributed by atoms with Crippen LogP contribution < -0.4 is 5.32 Å². The molecule has 18 heavy (non-hydrogen) atoms. The van der Waals surface area contributed by atoms with Gasteiger partial charge in [0.05, 0.1) is 0 Å². The maximum Gasteiger partial charge on any atom is 0.143 e. The Labute approximate surface area is 126 Å². The molecule has 1 aromatic carbocycles. The summed E-state index contributed by atoms with van der Waals surface area (Å²) >= 11 is 1.89. The molecule has 1 aromatic rings. The average molecular weight is 389 g/mol. The minimum atomic E-state index is -0.450. The summed E-state index contributed by atoms with van der Waals surface area (Å²) in [4.78, 5) is 2.08. The Bertz CT molecular complexity index is 417. The molecule has 1 atom stereocenters. The smallest absolute Gasteiger partial charge is 0.143 e. The van der Waals surface area contributed by atoms with Gasteiger partial charge in [-0.05, 0) is 41.6 Å². The van der Waals surface area contributed by atoms with Crippen molar-refractivity contribution in [1.29, 1.82) is 0 Å². The van der Waals surface area contributed by atoms with Crippen molar-refractivity contribution < 1.29 is 8.78 Å². The molecule has 1 saturated heterocycles. The highest BCUT2D eigenvalue weighted by Crippen LogP contribution is 2.20. The van der Waals surface area contributed by atoms with Gasteiger partial charge in [0.1, 0.15) is 11.6 Å². The predicted octanol–water partition coefficient (Wildman–Crippen LogP) is 2.78. The first-order valence-corrected chi connectivity index (χ1v) is 6.74. The van der Waals surface area contributed by atoms with E-state index in [1.807, 2.05) is 22.6 Å². The number of hydrogen-bond acceptors (Lipinski definition) is 2. The molecule has 6 heteroatoms. The molecule has 0 bridgehead atoms. The van der Waals surface area contributed by atoms with Gasteiger partial charge in [-0.2, -0.15) is 0 Å². The van der Waals surface area contributed by atoms with E-state index in [0.717, 1.165) is 19.6 Å². The maximum atomic E-state index is 13.8.